The molecule has 0 bridgehead atoms. The summed E-state index contributed by atoms with van der Waals surface area (Å²) in [6.07, 6.45) is 0. The summed E-state index contributed by atoms with van der Waals surface area (Å²) in [5.74, 6) is -0.568. The molecule has 0 aliphatic rings. The molecule has 2 amide bonds. The van der Waals surface area contributed by atoms with E-state index in [0.717, 1.165) is 11.1 Å². The van der Waals surface area contributed by atoms with Crippen molar-refractivity contribution in [2.75, 3.05) is 13.1 Å². The van der Waals surface area contributed by atoms with Gasteiger partial charge in [-0.15, -0.1) is 0 Å². The van der Waals surface area contributed by atoms with Gasteiger partial charge >= 0.3 is 0 Å². The van der Waals surface area contributed by atoms with Crippen molar-refractivity contribution in [2.45, 2.75) is 19.9 Å². The maximum Gasteiger partial charge on any atom is 0.239 e. The quantitative estimate of drug-likeness (QED) is 0.699. The Morgan fingerprint density at radius 1 is 1.28 bits per heavy atom. The Balaban J connectivity index is 2.50. The number of carbonyl (C=O) groups is 2. The monoisotopic (exact) mass is 249 g/mol. The van der Waals surface area contributed by atoms with E-state index < -0.39 is 0 Å². The summed E-state index contributed by atoms with van der Waals surface area (Å²) >= 11 is 0. The second kappa shape index (κ2) is 6.76. The zero-order valence-corrected chi connectivity index (χ0v) is 10.7. The lowest BCUT2D eigenvalue weighted by Crippen LogP contribution is -2.40. The van der Waals surface area contributed by atoms with Gasteiger partial charge in [-0.3, -0.25) is 9.59 Å². The molecule has 0 saturated carbocycles. The van der Waals surface area contributed by atoms with Crippen molar-refractivity contribution in [3.8, 4) is 0 Å². The molecule has 1 atom stereocenters. The summed E-state index contributed by atoms with van der Waals surface area (Å²) in [7, 11) is 0. The Morgan fingerprint density at radius 2 is 1.94 bits per heavy atom. The first-order valence-electron chi connectivity index (χ1n) is 5.86. The van der Waals surface area contributed by atoms with Crippen molar-refractivity contribution in [3.05, 3.63) is 35.4 Å². The molecule has 0 spiro atoms. The molecule has 4 N–H and O–H groups in total. The molecule has 1 unspecified atom stereocenters. The van der Waals surface area contributed by atoms with Crippen LogP contribution in [0.25, 0.3) is 0 Å². The smallest absolute Gasteiger partial charge is 0.239 e. The zero-order chi connectivity index (χ0) is 13.5. The van der Waals surface area contributed by atoms with Crippen LogP contribution in [0, 0.1) is 6.92 Å². The van der Waals surface area contributed by atoms with Gasteiger partial charge in [0.15, 0.2) is 0 Å². The number of rotatable bonds is 5. The predicted molar refractivity (Wildman–Crippen MR) is 69.8 cm³/mol. The average molecular weight is 249 g/mol. The molecule has 0 fully saturated rings. The highest BCUT2D eigenvalue weighted by Crippen LogP contribution is 2.16. The highest BCUT2D eigenvalue weighted by atomic mass is 16.2. The lowest BCUT2D eigenvalue weighted by atomic mass is 10.0. The molecule has 1 aromatic carbocycles. The first-order valence-corrected chi connectivity index (χ1v) is 5.86. The minimum absolute atomic E-state index is 0.0494. The Bertz CT molecular complexity index is 432. The summed E-state index contributed by atoms with van der Waals surface area (Å²) in [4.78, 5) is 22.5. The molecule has 18 heavy (non-hydrogen) atoms. The van der Waals surface area contributed by atoms with Crippen LogP contribution in [0.5, 0.6) is 0 Å². The van der Waals surface area contributed by atoms with Gasteiger partial charge < -0.3 is 16.4 Å². The minimum atomic E-state index is -0.339. The van der Waals surface area contributed by atoms with Crippen molar-refractivity contribution in [2.24, 2.45) is 5.73 Å². The summed E-state index contributed by atoms with van der Waals surface area (Å²) in [5, 5.41) is 5.25. The van der Waals surface area contributed by atoms with Crippen molar-refractivity contribution in [1.82, 2.24) is 10.6 Å². The molecule has 0 aromatic heterocycles. The number of aryl methyl sites for hydroxylation is 1. The van der Waals surface area contributed by atoms with E-state index in [4.69, 9.17) is 5.73 Å². The molecule has 5 nitrogen and oxygen atoms in total. The molecule has 5 heteroatoms. The molecular weight excluding hydrogens is 230 g/mol. The van der Waals surface area contributed by atoms with Crippen LogP contribution < -0.4 is 16.4 Å². The Hall–Kier alpha value is -1.88. The zero-order valence-electron chi connectivity index (χ0n) is 10.7. The first-order chi connectivity index (χ1) is 8.54. The van der Waals surface area contributed by atoms with Gasteiger partial charge in [-0.25, -0.2) is 0 Å². The van der Waals surface area contributed by atoms with Gasteiger partial charge in [0, 0.05) is 0 Å². The number of hydrogen-bond acceptors (Lipinski definition) is 3. The summed E-state index contributed by atoms with van der Waals surface area (Å²) < 4.78 is 0. The van der Waals surface area contributed by atoms with E-state index in [1.807, 2.05) is 38.1 Å². The van der Waals surface area contributed by atoms with Gasteiger partial charge in [0.25, 0.3) is 0 Å². The molecule has 0 aliphatic carbocycles. The Kier molecular flexibility index (Phi) is 5.32. The maximum atomic E-state index is 11.6. The van der Waals surface area contributed by atoms with Crippen LogP contribution in [0.1, 0.15) is 24.1 Å². The highest BCUT2D eigenvalue weighted by molar-refractivity contribution is 5.85. The second-order valence-corrected chi connectivity index (χ2v) is 4.13. The van der Waals surface area contributed by atoms with Gasteiger partial charge in [0.1, 0.15) is 0 Å². The van der Waals surface area contributed by atoms with Gasteiger partial charge in [0.2, 0.25) is 11.8 Å². The van der Waals surface area contributed by atoms with Crippen LogP contribution in [0.15, 0.2) is 24.3 Å². The van der Waals surface area contributed by atoms with E-state index in [1.54, 1.807) is 0 Å². The third kappa shape index (κ3) is 4.18. The standard InChI is InChI=1S/C13H19N3O2/c1-9-5-3-4-6-11(9)10(2)16-13(18)8-15-12(17)7-14/h3-6,10H,7-8,14H2,1-2H3,(H,15,17)(H,16,18). The van der Waals surface area contributed by atoms with Crippen LogP contribution in [0.4, 0.5) is 0 Å². The molecular formula is C13H19N3O2. The molecule has 0 aliphatic heterocycles. The number of benzene rings is 1. The van der Waals surface area contributed by atoms with Crippen molar-refractivity contribution < 1.29 is 9.59 Å². The lowest BCUT2D eigenvalue weighted by molar-refractivity contribution is -0.125. The van der Waals surface area contributed by atoms with E-state index in [9.17, 15) is 9.59 Å². The topological polar surface area (TPSA) is 84.2 Å². The van der Waals surface area contributed by atoms with E-state index in [1.165, 1.54) is 0 Å². The molecule has 0 radical (unpaired) electrons. The van der Waals surface area contributed by atoms with Crippen LogP contribution >= 0.6 is 0 Å². The summed E-state index contributed by atoms with van der Waals surface area (Å²) in [6, 6.07) is 7.76. The Labute approximate surface area is 107 Å². The third-order valence-electron chi connectivity index (χ3n) is 2.66. The summed E-state index contributed by atoms with van der Waals surface area (Å²) in [5.41, 5.74) is 7.31. The minimum Gasteiger partial charge on any atom is -0.348 e. The van der Waals surface area contributed by atoms with Crippen LogP contribution in [-0.4, -0.2) is 24.9 Å². The fraction of sp³-hybridized carbons (Fsp3) is 0.385. The first kappa shape index (κ1) is 14.2. The maximum absolute atomic E-state index is 11.6. The second-order valence-electron chi connectivity index (χ2n) is 4.13. The fourth-order valence-electron chi connectivity index (χ4n) is 1.69. The molecule has 1 rings (SSSR count). The van der Waals surface area contributed by atoms with Gasteiger partial charge in [-0.2, -0.15) is 0 Å². The van der Waals surface area contributed by atoms with Crippen molar-refractivity contribution in [1.29, 1.82) is 0 Å². The number of hydrogen-bond donors (Lipinski definition) is 3. The van der Waals surface area contributed by atoms with E-state index in [0.29, 0.717) is 0 Å². The highest BCUT2D eigenvalue weighted by Gasteiger charge is 2.11. The summed E-state index contributed by atoms with van der Waals surface area (Å²) in [6.45, 7) is 3.74. The number of nitrogens with two attached hydrogens (primary N) is 1. The van der Waals surface area contributed by atoms with E-state index in [-0.39, 0.29) is 30.9 Å². The van der Waals surface area contributed by atoms with Gasteiger partial charge in [-0.05, 0) is 25.0 Å². The van der Waals surface area contributed by atoms with Crippen LogP contribution in [0.2, 0.25) is 0 Å². The molecule has 0 saturated heterocycles. The molecule has 98 valence electrons. The fourth-order valence-corrected chi connectivity index (χ4v) is 1.69. The van der Waals surface area contributed by atoms with E-state index >= 15 is 0 Å². The third-order valence-corrected chi connectivity index (χ3v) is 2.66. The van der Waals surface area contributed by atoms with Crippen LogP contribution in [0.3, 0.4) is 0 Å². The van der Waals surface area contributed by atoms with Crippen molar-refractivity contribution >= 4 is 11.8 Å². The molecule has 0 heterocycles. The van der Waals surface area contributed by atoms with Crippen LogP contribution in [-0.2, 0) is 9.59 Å². The van der Waals surface area contributed by atoms with Gasteiger partial charge in [0.05, 0.1) is 19.1 Å². The number of amides is 2. The van der Waals surface area contributed by atoms with Gasteiger partial charge in [-0.1, -0.05) is 24.3 Å². The normalized spacial score (nSPS) is 11.7. The average Bonchev–Trinajstić information content (AvgIpc) is 2.36. The predicted octanol–water partition coefficient (Wildman–Crippen LogP) is 0.247. The lowest BCUT2D eigenvalue weighted by Gasteiger charge is -2.16. The SMILES string of the molecule is Cc1ccccc1C(C)NC(=O)CNC(=O)CN. The van der Waals surface area contributed by atoms with Crippen molar-refractivity contribution in [3.63, 3.8) is 0 Å². The Morgan fingerprint density at radius 3 is 2.56 bits per heavy atom. The number of nitrogens with one attached hydrogen (secondary N) is 2. The van der Waals surface area contributed by atoms with E-state index in [2.05, 4.69) is 10.6 Å². The molecule has 1 aromatic rings. The largest absolute Gasteiger partial charge is 0.348 e. The number of carbonyl (C=O) groups excluding carboxylic acids is 2.